The second kappa shape index (κ2) is 6.05. The number of phenols is 1. The highest BCUT2D eigenvalue weighted by Gasteiger charge is 2.12. The van der Waals surface area contributed by atoms with E-state index in [4.69, 9.17) is 4.74 Å². The van der Waals surface area contributed by atoms with Crippen LogP contribution in [0.2, 0.25) is 0 Å². The Labute approximate surface area is 112 Å². The average molecular weight is 256 g/mol. The number of hydrogen-bond donors (Lipinski definition) is 1. The van der Waals surface area contributed by atoms with E-state index in [-0.39, 0.29) is 11.5 Å². The van der Waals surface area contributed by atoms with Crippen LogP contribution in [0.5, 0.6) is 11.5 Å². The van der Waals surface area contributed by atoms with Gasteiger partial charge in [0.1, 0.15) is 11.5 Å². The van der Waals surface area contributed by atoms with Gasteiger partial charge in [-0.2, -0.15) is 0 Å². The predicted octanol–water partition coefficient (Wildman–Crippen LogP) is 3.22. The van der Waals surface area contributed by atoms with Crippen LogP contribution in [-0.2, 0) is 6.42 Å². The van der Waals surface area contributed by atoms with Crippen LogP contribution in [-0.4, -0.2) is 17.5 Å². The van der Waals surface area contributed by atoms with Crippen molar-refractivity contribution in [3.8, 4) is 11.5 Å². The summed E-state index contributed by atoms with van der Waals surface area (Å²) in [6, 6.07) is 13.9. The van der Waals surface area contributed by atoms with Crippen LogP contribution in [0.1, 0.15) is 22.8 Å². The van der Waals surface area contributed by atoms with Gasteiger partial charge >= 0.3 is 0 Å². The number of phenolic OH excluding ortho intramolecular Hbond substituents is 1. The molecule has 0 amide bonds. The summed E-state index contributed by atoms with van der Waals surface area (Å²) < 4.78 is 5.45. The molecular formula is C16H16O3. The summed E-state index contributed by atoms with van der Waals surface area (Å²) in [5.41, 5.74) is 1.46. The van der Waals surface area contributed by atoms with Gasteiger partial charge in [0.2, 0.25) is 0 Å². The number of aromatic hydroxyl groups is 1. The lowest BCUT2D eigenvalue weighted by Crippen LogP contribution is -2.06. The van der Waals surface area contributed by atoms with Crippen molar-refractivity contribution in [2.24, 2.45) is 0 Å². The SMILES string of the molecule is CCOc1ccccc1C(=O)Cc1ccc(O)cc1. The zero-order chi connectivity index (χ0) is 13.7. The van der Waals surface area contributed by atoms with Gasteiger partial charge in [-0.15, -0.1) is 0 Å². The molecule has 0 fully saturated rings. The highest BCUT2D eigenvalue weighted by atomic mass is 16.5. The van der Waals surface area contributed by atoms with E-state index in [1.807, 2.05) is 19.1 Å². The van der Waals surface area contributed by atoms with E-state index in [2.05, 4.69) is 0 Å². The van der Waals surface area contributed by atoms with E-state index in [1.54, 1.807) is 36.4 Å². The molecule has 3 heteroatoms. The van der Waals surface area contributed by atoms with E-state index in [0.29, 0.717) is 24.3 Å². The molecule has 0 unspecified atom stereocenters. The molecule has 0 bridgehead atoms. The maximum atomic E-state index is 12.3. The van der Waals surface area contributed by atoms with Gasteiger partial charge in [0.25, 0.3) is 0 Å². The zero-order valence-electron chi connectivity index (χ0n) is 10.8. The number of Topliss-reactive ketones (excluding diaryl/α,β-unsaturated/α-hetero) is 1. The topological polar surface area (TPSA) is 46.5 Å². The molecule has 98 valence electrons. The fourth-order valence-corrected chi connectivity index (χ4v) is 1.87. The number of ketones is 1. The van der Waals surface area contributed by atoms with Crippen LogP contribution < -0.4 is 4.74 Å². The lowest BCUT2D eigenvalue weighted by molar-refractivity contribution is 0.0989. The fraction of sp³-hybridized carbons (Fsp3) is 0.188. The van der Waals surface area contributed by atoms with Crippen molar-refractivity contribution in [2.45, 2.75) is 13.3 Å². The maximum absolute atomic E-state index is 12.3. The number of carbonyl (C=O) groups excluding carboxylic acids is 1. The summed E-state index contributed by atoms with van der Waals surface area (Å²) in [5.74, 6) is 0.828. The van der Waals surface area contributed by atoms with E-state index in [9.17, 15) is 9.90 Å². The number of hydrogen-bond acceptors (Lipinski definition) is 3. The Balaban J connectivity index is 2.18. The first-order valence-electron chi connectivity index (χ1n) is 6.23. The molecule has 19 heavy (non-hydrogen) atoms. The normalized spacial score (nSPS) is 10.2. The second-order valence-corrected chi connectivity index (χ2v) is 4.20. The smallest absolute Gasteiger partial charge is 0.170 e. The number of benzene rings is 2. The summed E-state index contributed by atoms with van der Waals surface area (Å²) in [6.45, 7) is 2.42. The van der Waals surface area contributed by atoms with Crippen molar-refractivity contribution in [3.05, 3.63) is 59.7 Å². The standard InChI is InChI=1S/C16H16O3/c1-2-19-16-6-4-3-5-14(16)15(18)11-12-7-9-13(17)10-8-12/h3-10,17H,2,11H2,1H3. The third kappa shape index (κ3) is 3.35. The van der Waals surface area contributed by atoms with Gasteiger partial charge in [0.15, 0.2) is 5.78 Å². The molecular weight excluding hydrogens is 240 g/mol. The lowest BCUT2D eigenvalue weighted by atomic mass is 10.0. The second-order valence-electron chi connectivity index (χ2n) is 4.20. The molecule has 2 rings (SSSR count). The molecule has 0 aliphatic rings. The number of para-hydroxylation sites is 1. The van der Waals surface area contributed by atoms with Gasteiger partial charge in [0, 0.05) is 6.42 Å². The Hall–Kier alpha value is -2.29. The monoisotopic (exact) mass is 256 g/mol. The summed E-state index contributed by atoms with van der Waals surface area (Å²) >= 11 is 0. The molecule has 2 aromatic rings. The summed E-state index contributed by atoms with van der Waals surface area (Å²) in [6.07, 6.45) is 0.296. The first kappa shape index (κ1) is 13.1. The maximum Gasteiger partial charge on any atom is 0.170 e. The van der Waals surface area contributed by atoms with Gasteiger partial charge in [-0.05, 0) is 36.8 Å². The predicted molar refractivity (Wildman–Crippen MR) is 73.8 cm³/mol. The summed E-state index contributed by atoms with van der Waals surface area (Å²) in [5, 5.41) is 9.22. The third-order valence-corrected chi connectivity index (χ3v) is 2.79. The zero-order valence-corrected chi connectivity index (χ0v) is 10.8. The number of rotatable bonds is 5. The molecule has 2 aromatic carbocycles. The molecule has 0 radical (unpaired) electrons. The molecule has 0 spiro atoms. The minimum Gasteiger partial charge on any atom is -0.508 e. The molecule has 0 aliphatic carbocycles. The lowest BCUT2D eigenvalue weighted by Gasteiger charge is -2.09. The van der Waals surface area contributed by atoms with Crippen LogP contribution in [0.4, 0.5) is 0 Å². The first-order valence-corrected chi connectivity index (χ1v) is 6.23. The number of ether oxygens (including phenoxy) is 1. The molecule has 0 saturated heterocycles. The van der Waals surface area contributed by atoms with E-state index in [1.165, 1.54) is 0 Å². The highest BCUT2D eigenvalue weighted by molar-refractivity contribution is 5.99. The van der Waals surface area contributed by atoms with Gasteiger partial charge in [-0.3, -0.25) is 4.79 Å². The quantitative estimate of drug-likeness (QED) is 0.835. The molecule has 3 nitrogen and oxygen atoms in total. The van der Waals surface area contributed by atoms with Crippen LogP contribution in [0.3, 0.4) is 0 Å². The molecule has 0 atom stereocenters. The van der Waals surface area contributed by atoms with E-state index in [0.717, 1.165) is 5.56 Å². The summed E-state index contributed by atoms with van der Waals surface area (Å²) in [7, 11) is 0. The molecule has 0 aromatic heterocycles. The number of carbonyl (C=O) groups is 1. The van der Waals surface area contributed by atoms with Crippen molar-refractivity contribution in [3.63, 3.8) is 0 Å². The van der Waals surface area contributed by atoms with E-state index < -0.39 is 0 Å². The van der Waals surface area contributed by atoms with Gasteiger partial charge < -0.3 is 9.84 Å². The summed E-state index contributed by atoms with van der Waals surface area (Å²) in [4.78, 5) is 12.3. The first-order chi connectivity index (χ1) is 9.20. The van der Waals surface area contributed by atoms with Crippen molar-refractivity contribution < 1.29 is 14.6 Å². The molecule has 0 heterocycles. The Bertz CT molecular complexity index is 558. The van der Waals surface area contributed by atoms with Crippen molar-refractivity contribution in [1.82, 2.24) is 0 Å². The average Bonchev–Trinajstić information content (AvgIpc) is 2.42. The van der Waals surface area contributed by atoms with Crippen LogP contribution in [0.25, 0.3) is 0 Å². The van der Waals surface area contributed by atoms with Crippen LogP contribution >= 0.6 is 0 Å². The Kier molecular flexibility index (Phi) is 4.18. The third-order valence-electron chi connectivity index (χ3n) is 2.79. The Morgan fingerprint density at radius 1 is 1.11 bits per heavy atom. The van der Waals surface area contributed by atoms with Crippen molar-refractivity contribution >= 4 is 5.78 Å². The minimum atomic E-state index is 0.00902. The van der Waals surface area contributed by atoms with Gasteiger partial charge in [-0.1, -0.05) is 24.3 Å². The van der Waals surface area contributed by atoms with E-state index >= 15 is 0 Å². The van der Waals surface area contributed by atoms with Crippen LogP contribution in [0.15, 0.2) is 48.5 Å². The Morgan fingerprint density at radius 3 is 2.47 bits per heavy atom. The van der Waals surface area contributed by atoms with Crippen molar-refractivity contribution in [2.75, 3.05) is 6.61 Å². The molecule has 0 aliphatic heterocycles. The Morgan fingerprint density at radius 2 is 1.79 bits per heavy atom. The van der Waals surface area contributed by atoms with Gasteiger partial charge in [-0.25, -0.2) is 0 Å². The van der Waals surface area contributed by atoms with Crippen molar-refractivity contribution in [1.29, 1.82) is 0 Å². The van der Waals surface area contributed by atoms with Crippen LogP contribution in [0, 0.1) is 0 Å². The van der Waals surface area contributed by atoms with Gasteiger partial charge in [0.05, 0.1) is 12.2 Å². The molecule has 1 N–H and O–H groups in total. The fourth-order valence-electron chi connectivity index (χ4n) is 1.87. The molecule has 0 saturated carbocycles. The highest BCUT2D eigenvalue weighted by Crippen LogP contribution is 2.20. The minimum absolute atomic E-state index is 0.00902. The largest absolute Gasteiger partial charge is 0.508 e.